The molecule has 0 atom stereocenters. The highest BCUT2D eigenvalue weighted by atomic mass is 32.1. The Kier molecular flexibility index (Phi) is 5.15. The Morgan fingerprint density at radius 1 is 1.47 bits per heavy atom. The lowest BCUT2D eigenvalue weighted by Gasteiger charge is -2.25. The standard InChI is InChI=1S/C13H21NO2S/c1-5-11(6-2)14(4)8-10-7-12(13(15)16)17-9(10)3/h7,11H,5-6,8H2,1-4H3,(H,15,16). The molecule has 1 aromatic heterocycles. The fraction of sp³-hybridized carbons (Fsp3) is 0.615. The van der Waals surface area contributed by atoms with E-state index in [1.54, 1.807) is 6.07 Å². The zero-order valence-corrected chi connectivity index (χ0v) is 11.8. The maximum Gasteiger partial charge on any atom is 0.345 e. The van der Waals surface area contributed by atoms with Crippen LogP contribution in [0.2, 0.25) is 0 Å². The first-order chi connectivity index (χ1) is 7.99. The molecule has 3 nitrogen and oxygen atoms in total. The van der Waals surface area contributed by atoms with Gasteiger partial charge < -0.3 is 5.11 Å². The fourth-order valence-electron chi connectivity index (χ4n) is 2.09. The van der Waals surface area contributed by atoms with Crippen LogP contribution in [0.25, 0.3) is 0 Å². The minimum atomic E-state index is -0.825. The van der Waals surface area contributed by atoms with Crippen molar-refractivity contribution in [2.24, 2.45) is 0 Å². The van der Waals surface area contributed by atoms with Crippen LogP contribution in [0.4, 0.5) is 0 Å². The Balaban J connectivity index is 2.77. The molecule has 0 aromatic carbocycles. The maximum absolute atomic E-state index is 10.9. The van der Waals surface area contributed by atoms with Crippen molar-refractivity contribution >= 4 is 17.3 Å². The van der Waals surface area contributed by atoms with E-state index in [0.717, 1.165) is 29.8 Å². The van der Waals surface area contributed by atoms with E-state index in [1.807, 2.05) is 6.92 Å². The predicted molar refractivity (Wildman–Crippen MR) is 71.9 cm³/mol. The van der Waals surface area contributed by atoms with E-state index in [-0.39, 0.29) is 0 Å². The van der Waals surface area contributed by atoms with Crippen LogP contribution in [0.1, 0.15) is 46.8 Å². The van der Waals surface area contributed by atoms with Gasteiger partial charge in [0.25, 0.3) is 0 Å². The maximum atomic E-state index is 10.9. The van der Waals surface area contributed by atoms with Crippen LogP contribution in [-0.2, 0) is 6.54 Å². The summed E-state index contributed by atoms with van der Waals surface area (Å²) >= 11 is 1.37. The van der Waals surface area contributed by atoms with Crippen molar-refractivity contribution in [3.05, 3.63) is 21.4 Å². The highest BCUT2D eigenvalue weighted by Crippen LogP contribution is 2.23. The molecule has 4 heteroatoms. The highest BCUT2D eigenvalue weighted by Gasteiger charge is 2.15. The summed E-state index contributed by atoms with van der Waals surface area (Å²) in [6.07, 6.45) is 2.25. The number of nitrogens with zero attached hydrogens (tertiary/aromatic N) is 1. The molecule has 1 N–H and O–H groups in total. The first-order valence-corrected chi connectivity index (χ1v) is 6.84. The monoisotopic (exact) mass is 255 g/mol. The van der Waals surface area contributed by atoms with Crippen LogP contribution in [0.15, 0.2) is 6.07 Å². The lowest BCUT2D eigenvalue weighted by Crippen LogP contribution is -2.30. The third-order valence-corrected chi connectivity index (χ3v) is 4.30. The van der Waals surface area contributed by atoms with Crippen molar-refractivity contribution in [3.8, 4) is 0 Å². The number of carbonyl (C=O) groups is 1. The quantitative estimate of drug-likeness (QED) is 0.847. The van der Waals surface area contributed by atoms with E-state index in [0.29, 0.717) is 10.9 Å². The molecule has 0 saturated heterocycles. The summed E-state index contributed by atoms with van der Waals surface area (Å²) in [5, 5.41) is 8.96. The zero-order chi connectivity index (χ0) is 13.0. The van der Waals surface area contributed by atoms with Crippen LogP contribution in [0, 0.1) is 6.92 Å². The third-order valence-electron chi connectivity index (χ3n) is 3.22. The second-order valence-corrected chi connectivity index (χ2v) is 5.64. The molecule has 1 heterocycles. The van der Waals surface area contributed by atoms with E-state index >= 15 is 0 Å². The number of aromatic carboxylic acids is 1. The molecule has 96 valence electrons. The van der Waals surface area contributed by atoms with Crippen molar-refractivity contribution in [1.82, 2.24) is 4.90 Å². The molecular formula is C13H21NO2S. The highest BCUT2D eigenvalue weighted by molar-refractivity contribution is 7.14. The van der Waals surface area contributed by atoms with Crippen molar-refractivity contribution in [1.29, 1.82) is 0 Å². The molecule has 0 aliphatic carbocycles. The van der Waals surface area contributed by atoms with Gasteiger partial charge in [0.05, 0.1) is 0 Å². The summed E-state index contributed by atoms with van der Waals surface area (Å²) in [5.41, 5.74) is 1.14. The topological polar surface area (TPSA) is 40.5 Å². The second-order valence-electron chi connectivity index (χ2n) is 4.38. The number of hydrogen-bond acceptors (Lipinski definition) is 3. The Hall–Kier alpha value is -0.870. The first-order valence-electron chi connectivity index (χ1n) is 6.02. The zero-order valence-electron chi connectivity index (χ0n) is 11.0. The van der Waals surface area contributed by atoms with Gasteiger partial charge in [0.1, 0.15) is 4.88 Å². The smallest absolute Gasteiger partial charge is 0.345 e. The summed E-state index contributed by atoms with van der Waals surface area (Å²) in [7, 11) is 2.11. The lowest BCUT2D eigenvalue weighted by molar-refractivity contribution is 0.0702. The molecule has 0 amide bonds. The predicted octanol–water partition coefficient (Wildman–Crippen LogP) is 3.38. The third kappa shape index (κ3) is 3.54. The van der Waals surface area contributed by atoms with Gasteiger partial charge in [-0.3, -0.25) is 4.90 Å². The van der Waals surface area contributed by atoms with E-state index in [9.17, 15) is 4.79 Å². The van der Waals surface area contributed by atoms with Crippen molar-refractivity contribution < 1.29 is 9.90 Å². The molecule has 0 fully saturated rings. The number of carboxylic acids is 1. The number of thiophene rings is 1. The fourth-order valence-corrected chi connectivity index (χ4v) is 2.96. The summed E-state index contributed by atoms with van der Waals surface area (Å²) in [5.74, 6) is -0.825. The van der Waals surface area contributed by atoms with E-state index < -0.39 is 5.97 Å². The van der Waals surface area contributed by atoms with Gasteiger partial charge in [-0.2, -0.15) is 0 Å². The minimum absolute atomic E-state index is 0.440. The van der Waals surface area contributed by atoms with Gasteiger partial charge in [0.15, 0.2) is 0 Å². The number of rotatable bonds is 6. The van der Waals surface area contributed by atoms with Crippen LogP contribution in [-0.4, -0.2) is 29.1 Å². The second kappa shape index (κ2) is 6.17. The van der Waals surface area contributed by atoms with Crippen molar-refractivity contribution in [3.63, 3.8) is 0 Å². The summed E-state index contributed by atoms with van der Waals surface area (Å²) < 4.78 is 0. The normalized spacial score (nSPS) is 11.4. The van der Waals surface area contributed by atoms with Gasteiger partial charge in [-0.25, -0.2) is 4.79 Å². The average molecular weight is 255 g/mol. The molecule has 0 radical (unpaired) electrons. The molecular weight excluding hydrogens is 234 g/mol. The van der Waals surface area contributed by atoms with Gasteiger partial charge in [-0.1, -0.05) is 13.8 Å². The van der Waals surface area contributed by atoms with Gasteiger partial charge in [-0.05, 0) is 38.4 Å². The van der Waals surface area contributed by atoms with E-state index in [1.165, 1.54) is 11.3 Å². The summed E-state index contributed by atoms with van der Waals surface area (Å²) in [4.78, 5) is 14.8. The molecule has 17 heavy (non-hydrogen) atoms. The Labute approximate surface area is 107 Å². The van der Waals surface area contributed by atoms with Gasteiger partial charge >= 0.3 is 5.97 Å². The number of aryl methyl sites for hydroxylation is 1. The molecule has 0 saturated carbocycles. The van der Waals surface area contributed by atoms with E-state index in [4.69, 9.17) is 5.11 Å². The number of carboxylic acid groups (broad SMARTS) is 1. The van der Waals surface area contributed by atoms with Gasteiger partial charge in [0.2, 0.25) is 0 Å². The number of hydrogen-bond donors (Lipinski definition) is 1. The van der Waals surface area contributed by atoms with Crippen molar-refractivity contribution in [2.75, 3.05) is 7.05 Å². The molecule has 0 spiro atoms. The van der Waals surface area contributed by atoms with Crippen LogP contribution in [0.5, 0.6) is 0 Å². The van der Waals surface area contributed by atoms with Gasteiger partial charge in [0, 0.05) is 17.5 Å². The Morgan fingerprint density at radius 2 is 2.06 bits per heavy atom. The van der Waals surface area contributed by atoms with Gasteiger partial charge in [-0.15, -0.1) is 11.3 Å². The summed E-state index contributed by atoms with van der Waals surface area (Å²) in [6.45, 7) is 7.21. The van der Waals surface area contributed by atoms with Crippen LogP contribution in [0.3, 0.4) is 0 Å². The summed E-state index contributed by atoms with van der Waals surface area (Å²) in [6, 6.07) is 2.38. The molecule has 0 bridgehead atoms. The largest absolute Gasteiger partial charge is 0.477 e. The molecule has 0 unspecified atom stereocenters. The van der Waals surface area contributed by atoms with Crippen molar-refractivity contribution in [2.45, 2.75) is 46.2 Å². The van der Waals surface area contributed by atoms with E-state index in [2.05, 4.69) is 25.8 Å². The lowest BCUT2D eigenvalue weighted by atomic mass is 10.1. The first kappa shape index (κ1) is 14.2. The Morgan fingerprint density at radius 3 is 2.47 bits per heavy atom. The molecule has 0 aliphatic rings. The SMILES string of the molecule is CCC(CC)N(C)Cc1cc(C(=O)O)sc1C. The van der Waals surface area contributed by atoms with Crippen LogP contribution >= 0.6 is 11.3 Å². The average Bonchev–Trinajstić information content (AvgIpc) is 2.62. The Bertz CT molecular complexity index is 383. The molecule has 1 aromatic rings. The van der Waals surface area contributed by atoms with Crippen LogP contribution < -0.4 is 0 Å². The molecule has 0 aliphatic heterocycles. The molecule has 1 rings (SSSR count). The minimum Gasteiger partial charge on any atom is -0.477 e.